The fourth-order valence-corrected chi connectivity index (χ4v) is 11.2. The topological polar surface area (TPSA) is 237 Å². The van der Waals surface area contributed by atoms with Gasteiger partial charge in [0.1, 0.15) is 19.3 Å². The summed E-state index contributed by atoms with van der Waals surface area (Å²) < 4.78 is 68.0. The maximum absolute atomic E-state index is 13.0. The number of ether oxygens (including phenoxy) is 4. The van der Waals surface area contributed by atoms with Crippen LogP contribution in [-0.4, -0.2) is 96.7 Å². The molecule has 0 aromatic carbocycles. The lowest BCUT2D eigenvalue weighted by atomic mass is 10.00. The van der Waals surface area contributed by atoms with Crippen LogP contribution in [0, 0.1) is 17.8 Å². The summed E-state index contributed by atoms with van der Waals surface area (Å²) in [7, 11) is -9.89. The molecule has 6 atom stereocenters. The standard InChI is InChI=1S/C65H126O17P2/c1-8-10-11-12-13-14-15-18-25-34-41-48-64(69)82-61(53-76-63(68)47-40-33-28-27-31-38-45-58(7)9-2)55-80-84(73,74)78-51-59(66)50-77-83(71,72)79-54-60(52-75-62(67)46-39-32-24-21-20-23-30-37-44-57(5)6)81-65(70)49-42-35-26-19-16-17-22-29-36-43-56(3)4/h56-61,66H,8-55H2,1-7H3,(H,71,72)(H,73,74)/t58?,59-,60-,61-/m1/s1. The second kappa shape index (κ2) is 56.3. The lowest BCUT2D eigenvalue weighted by molar-refractivity contribution is -0.161. The van der Waals surface area contributed by atoms with Crippen LogP contribution in [0.25, 0.3) is 0 Å². The Morgan fingerprint density at radius 1 is 0.345 bits per heavy atom. The van der Waals surface area contributed by atoms with Crippen LogP contribution >= 0.6 is 15.6 Å². The van der Waals surface area contributed by atoms with E-state index in [-0.39, 0.29) is 25.7 Å². The fraction of sp³-hybridized carbons (Fsp3) is 0.938. The maximum Gasteiger partial charge on any atom is 0.472 e. The van der Waals surface area contributed by atoms with E-state index in [0.717, 1.165) is 114 Å². The van der Waals surface area contributed by atoms with Crippen LogP contribution in [0.3, 0.4) is 0 Å². The zero-order chi connectivity index (χ0) is 62.4. The van der Waals surface area contributed by atoms with E-state index in [1.54, 1.807) is 0 Å². The Bertz CT molecular complexity index is 1670. The van der Waals surface area contributed by atoms with E-state index in [2.05, 4.69) is 48.5 Å². The molecule has 0 aliphatic carbocycles. The molecule has 0 fully saturated rings. The Balaban J connectivity index is 5.26. The molecule has 84 heavy (non-hydrogen) atoms. The van der Waals surface area contributed by atoms with Gasteiger partial charge in [0.25, 0.3) is 0 Å². The van der Waals surface area contributed by atoms with Crippen molar-refractivity contribution in [3.8, 4) is 0 Å². The molecule has 498 valence electrons. The van der Waals surface area contributed by atoms with Gasteiger partial charge in [-0.2, -0.15) is 0 Å². The van der Waals surface area contributed by atoms with Gasteiger partial charge in [0.05, 0.1) is 26.4 Å². The van der Waals surface area contributed by atoms with Crippen LogP contribution in [0.15, 0.2) is 0 Å². The van der Waals surface area contributed by atoms with E-state index in [1.165, 1.54) is 122 Å². The van der Waals surface area contributed by atoms with Gasteiger partial charge in [0, 0.05) is 25.7 Å². The number of aliphatic hydroxyl groups excluding tert-OH is 1. The Morgan fingerprint density at radius 3 is 0.905 bits per heavy atom. The first-order valence-electron chi connectivity index (χ1n) is 33.9. The Kier molecular flexibility index (Phi) is 55.0. The molecular formula is C65H126O17P2. The third-order valence-corrected chi connectivity index (χ3v) is 17.1. The smallest absolute Gasteiger partial charge is 0.462 e. The molecule has 0 saturated heterocycles. The minimum absolute atomic E-state index is 0.104. The number of carbonyl (C=O) groups is 4. The van der Waals surface area contributed by atoms with E-state index in [4.69, 9.17) is 37.0 Å². The Labute approximate surface area is 511 Å². The van der Waals surface area contributed by atoms with Gasteiger partial charge in [0.2, 0.25) is 0 Å². The molecule has 17 nitrogen and oxygen atoms in total. The van der Waals surface area contributed by atoms with Crippen LogP contribution in [0.1, 0.15) is 318 Å². The van der Waals surface area contributed by atoms with Crippen LogP contribution in [-0.2, 0) is 65.4 Å². The average molecular weight is 1240 g/mol. The van der Waals surface area contributed by atoms with Crippen molar-refractivity contribution in [1.29, 1.82) is 0 Å². The number of hydrogen-bond donors (Lipinski definition) is 3. The second-order valence-electron chi connectivity index (χ2n) is 24.7. The lowest BCUT2D eigenvalue weighted by Crippen LogP contribution is -2.30. The highest BCUT2D eigenvalue weighted by Gasteiger charge is 2.30. The molecule has 0 aromatic heterocycles. The molecule has 3 N–H and O–H groups in total. The summed E-state index contributed by atoms with van der Waals surface area (Å²) in [5, 5.41) is 10.5. The number of carbonyl (C=O) groups excluding carboxylic acids is 4. The van der Waals surface area contributed by atoms with Crippen LogP contribution < -0.4 is 0 Å². The van der Waals surface area contributed by atoms with Crippen molar-refractivity contribution in [3.63, 3.8) is 0 Å². The molecule has 0 rings (SSSR count). The SMILES string of the molecule is CCCCCCCCCCCCCC(=O)O[C@H](COC(=O)CCCCCCCCC(C)CC)COP(=O)(O)OC[C@H](O)COP(=O)(O)OC[C@@H](COC(=O)CCCCCCCCCCC(C)C)OC(=O)CCCCCCCCCCCC(C)C. The van der Waals surface area contributed by atoms with E-state index < -0.39 is 97.5 Å². The first-order valence-corrected chi connectivity index (χ1v) is 36.9. The van der Waals surface area contributed by atoms with E-state index in [1.807, 2.05) is 0 Å². The van der Waals surface area contributed by atoms with Gasteiger partial charge in [-0.15, -0.1) is 0 Å². The number of esters is 4. The average Bonchev–Trinajstić information content (AvgIpc) is 3.55. The Morgan fingerprint density at radius 2 is 0.607 bits per heavy atom. The van der Waals surface area contributed by atoms with Crippen molar-refractivity contribution >= 4 is 39.5 Å². The number of rotatable bonds is 63. The van der Waals surface area contributed by atoms with Crippen molar-refractivity contribution in [2.75, 3.05) is 39.6 Å². The molecule has 0 aliphatic rings. The van der Waals surface area contributed by atoms with Crippen LogP contribution in [0.5, 0.6) is 0 Å². The van der Waals surface area contributed by atoms with Crippen molar-refractivity contribution in [2.24, 2.45) is 17.8 Å². The summed E-state index contributed by atoms with van der Waals surface area (Å²) in [6.07, 6.45) is 37.6. The molecule has 3 unspecified atom stereocenters. The highest BCUT2D eigenvalue weighted by atomic mass is 31.2. The number of hydrogen-bond acceptors (Lipinski definition) is 15. The normalized spacial score (nSPS) is 14.7. The molecule has 0 heterocycles. The highest BCUT2D eigenvalue weighted by Crippen LogP contribution is 2.45. The van der Waals surface area contributed by atoms with E-state index in [0.29, 0.717) is 25.7 Å². The van der Waals surface area contributed by atoms with E-state index >= 15 is 0 Å². The summed E-state index contributed by atoms with van der Waals surface area (Å²) in [5.41, 5.74) is 0. The van der Waals surface area contributed by atoms with Gasteiger partial charge >= 0.3 is 39.5 Å². The molecular weight excluding hydrogens is 1110 g/mol. The van der Waals surface area contributed by atoms with Crippen molar-refractivity contribution < 1.29 is 80.2 Å². The molecule has 0 saturated carbocycles. The van der Waals surface area contributed by atoms with Crippen molar-refractivity contribution in [3.05, 3.63) is 0 Å². The molecule has 0 spiro atoms. The second-order valence-corrected chi connectivity index (χ2v) is 27.6. The first-order chi connectivity index (χ1) is 40.3. The maximum atomic E-state index is 13.0. The molecule has 0 aromatic rings. The largest absolute Gasteiger partial charge is 0.472 e. The monoisotopic (exact) mass is 1240 g/mol. The summed E-state index contributed by atoms with van der Waals surface area (Å²) in [6, 6.07) is 0. The number of phosphoric acid groups is 2. The van der Waals surface area contributed by atoms with Gasteiger partial charge in [-0.05, 0) is 43.4 Å². The minimum Gasteiger partial charge on any atom is -0.462 e. The van der Waals surface area contributed by atoms with Gasteiger partial charge in [-0.3, -0.25) is 37.3 Å². The first kappa shape index (κ1) is 82.1. The zero-order valence-corrected chi connectivity index (χ0v) is 56.1. The van der Waals surface area contributed by atoms with Crippen LogP contribution in [0.4, 0.5) is 0 Å². The number of unbranched alkanes of at least 4 members (excludes halogenated alkanes) is 30. The van der Waals surface area contributed by atoms with Crippen molar-refractivity contribution in [2.45, 2.75) is 336 Å². The van der Waals surface area contributed by atoms with Gasteiger partial charge < -0.3 is 33.8 Å². The van der Waals surface area contributed by atoms with Crippen LogP contribution in [0.2, 0.25) is 0 Å². The van der Waals surface area contributed by atoms with Gasteiger partial charge in [0.15, 0.2) is 12.2 Å². The zero-order valence-electron chi connectivity index (χ0n) is 54.4. The van der Waals surface area contributed by atoms with Gasteiger partial charge in [-0.1, -0.05) is 267 Å². The predicted molar refractivity (Wildman–Crippen MR) is 335 cm³/mol. The summed E-state index contributed by atoms with van der Waals surface area (Å²) >= 11 is 0. The molecule has 19 heteroatoms. The summed E-state index contributed by atoms with van der Waals surface area (Å²) in [6.45, 7) is 11.7. The Hall–Kier alpha value is -1.94. The molecule has 0 radical (unpaired) electrons. The van der Waals surface area contributed by atoms with Crippen molar-refractivity contribution in [1.82, 2.24) is 0 Å². The summed E-state index contributed by atoms with van der Waals surface area (Å²) in [4.78, 5) is 72.3. The highest BCUT2D eigenvalue weighted by molar-refractivity contribution is 7.47. The molecule has 0 bridgehead atoms. The van der Waals surface area contributed by atoms with Gasteiger partial charge in [-0.25, -0.2) is 9.13 Å². The summed E-state index contributed by atoms with van der Waals surface area (Å²) in [5.74, 6) is 0.0589. The third-order valence-electron chi connectivity index (χ3n) is 15.2. The number of aliphatic hydroxyl groups is 1. The fourth-order valence-electron chi connectivity index (χ4n) is 9.62. The lowest BCUT2D eigenvalue weighted by Gasteiger charge is -2.21. The minimum atomic E-state index is -4.95. The predicted octanol–water partition coefficient (Wildman–Crippen LogP) is 17.9. The third kappa shape index (κ3) is 57.8. The molecule has 0 aliphatic heterocycles. The quantitative estimate of drug-likeness (QED) is 0.0222. The number of phosphoric ester groups is 2. The molecule has 0 amide bonds. The van der Waals surface area contributed by atoms with E-state index in [9.17, 15) is 43.2 Å².